The monoisotopic (exact) mass is 373 g/mol. The number of amides is 1. The Morgan fingerprint density at radius 3 is 2.81 bits per heavy atom. The number of nitrogens with one attached hydrogen (secondary N) is 2. The molecule has 1 saturated heterocycles. The topological polar surface area (TPSA) is 84.1 Å². The molecule has 0 bridgehead atoms. The van der Waals surface area contributed by atoms with Crippen LogP contribution in [-0.2, 0) is 11.2 Å². The van der Waals surface area contributed by atoms with Crippen molar-refractivity contribution in [2.24, 2.45) is 0 Å². The number of H-pyrrole nitrogens is 1. The number of hydrogen-bond donors (Lipinski definition) is 2. The zero-order chi connectivity index (χ0) is 19.0. The first kappa shape index (κ1) is 17.4. The maximum Gasteiger partial charge on any atom is 0.255 e. The van der Waals surface area contributed by atoms with Crippen molar-refractivity contribution in [2.45, 2.75) is 31.7 Å². The molecule has 1 fully saturated rings. The number of carbonyl (C=O) groups is 1. The maximum absolute atomic E-state index is 12.9. The average molecular weight is 373 g/mol. The van der Waals surface area contributed by atoms with Crippen molar-refractivity contribution >= 4 is 27.5 Å². The van der Waals surface area contributed by atoms with Gasteiger partial charge < -0.3 is 15.0 Å². The van der Waals surface area contributed by atoms with Crippen LogP contribution >= 0.6 is 0 Å². The van der Waals surface area contributed by atoms with Gasteiger partial charge in [0.1, 0.15) is 6.61 Å². The summed E-state index contributed by atoms with van der Waals surface area (Å²) in [6, 6.07) is 4.99. The van der Waals surface area contributed by atoms with E-state index < -0.39 is 12.8 Å². The number of carbonyl (C=O) groups excluding carboxylic acids is 1. The zero-order valence-corrected chi connectivity index (χ0v) is 14.3. The lowest BCUT2D eigenvalue weighted by atomic mass is 10.0. The van der Waals surface area contributed by atoms with Crippen LogP contribution in [0.4, 0.5) is 8.78 Å². The number of pyridine rings is 2. The highest BCUT2D eigenvalue weighted by Gasteiger charge is 2.21. The minimum atomic E-state index is -2.52. The van der Waals surface area contributed by atoms with Gasteiger partial charge in [0.15, 0.2) is 0 Å². The van der Waals surface area contributed by atoms with E-state index in [-0.39, 0.29) is 24.1 Å². The van der Waals surface area contributed by atoms with E-state index in [4.69, 9.17) is 4.74 Å². The number of aromatic nitrogens is 2. The van der Waals surface area contributed by atoms with Gasteiger partial charge in [0.05, 0.1) is 6.04 Å². The Balaban J connectivity index is 1.76. The molecule has 140 valence electrons. The van der Waals surface area contributed by atoms with Crippen LogP contribution in [0.3, 0.4) is 0 Å². The summed E-state index contributed by atoms with van der Waals surface area (Å²) in [7, 11) is 0. The summed E-state index contributed by atoms with van der Waals surface area (Å²) < 4.78 is 31.6. The average Bonchev–Trinajstić information content (AvgIpc) is 3.06. The van der Waals surface area contributed by atoms with Crippen molar-refractivity contribution in [2.75, 3.05) is 6.61 Å². The molecule has 2 aromatic heterocycles. The van der Waals surface area contributed by atoms with Gasteiger partial charge in [0.25, 0.3) is 5.56 Å². The smallest absolute Gasteiger partial charge is 0.255 e. The highest BCUT2D eigenvalue weighted by Crippen LogP contribution is 2.29. The number of ether oxygens (including phenoxy) is 1. The summed E-state index contributed by atoms with van der Waals surface area (Å²) in [6.45, 7) is 0.273. The maximum atomic E-state index is 12.9. The molecule has 4 rings (SSSR count). The van der Waals surface area contributed by atoms with Crippen LogP contribution in [-0.4, -0.2) is 34.9 Å². The Morgan fingerprint density at radius 2 is 2.07 bits per heavy atom. The van der Waals surface area contributed by atoms with Gasteiger partial charge in [-0.15, -0.1) is 0 Å². The summed E-state index contributed by atoms with van der Waals surface area (Å²) in [5.41, 5.74) is 0.0252. The van der Waals surface area contributed by atoms with E-state index in [2.05, 4.69) is 15.3 Å². The minimum absolute atomic E-state index is 0.00339. The second kappa shape index (κ2) is 6.94. The molecule has 0 radical (unpaired) electrons. The van der Waals surface area contributed by atoms with Crippen LogP contribution in [0.25, 0.3) is 21.5 Å². The molecule has 1 aliphatic rings. The predicted octanol–water partition coefficient (Wildman–Crippen LogP) is 2.54. The third-order valence-corrected chi connectivity index (χ3v) is 4.71. The molecule has 1 atom stereocenters. The van der Waals surface area contributed by atoms with Crippen LogP contribution in [0.5, 0.6) is 5.88 Å². The van der Waals surface area contributed by atoms with E-state index >= 15 is 0 Å². The zero-order valence-electron chi connectivity index (χ0n) is 14.3. The molecule has 1 aromatic carbocycles. The van der Waals surface area contributed by atoms with E-state index in [1.54, 1.807) is 24.4 Å². The van der Waals surface area contributed by atoms with E-state index in [9.17, 15) is 18.4 Å². The molecule has 0 saturated carbocycles. The second-order valence-electron chi connectivity index (χ2n) is 6.59. The van der Waals surface area contributed by atoms with Gasteiger partial charge in [-0.2, -0.15) is 0 Å². The number of nitrogens with zero attached hydrogens (tertiary/aromatic N) is 1. The molecule has 2 N–H and O–H groups in total. The third kappa shape index (κ3) is 3.47. The lowest BCUT2D eigenvalue weighted by Gasteiger charge is -2.14. The molecular formula is C19H17F2N3O3. The summed E-state index contributed by atoms with van der Waals surface area (Å²) in [5, 5.41) is 4.98. The summed E-state index contributed by atoms with van der Waals surface area (Å²) >= 11 is 0. The molecule has 3 aromatic rings. The van der Waals surface area contributed by atoms with E-state index in [0.717, 1.165) is 5.39 Å². The Labute approximate surface area is 152 Å². The molecule has 3 heterocycles. The second-order valence-corrected chi connectivity index (χ2v) is 6.59. The quantitative estimate of drug-likeness (QED) is 0.673. The van der Waals surface area contributed by atoms with Crippen molar-refractivity contribution in [3.63, 3.8) is 0 Å². The van der Waals surface area contributed by atoms with Gasteiger partial charge in [-0.1, -0.05) is 0 Å². The Bertz CT molecular complexity index is 1080. The highest BCUT2D eigenvalue weighted by molar-refractivity contribution is 6.01. The van der Waals surface area contributed by atoms with Crippen LogP contribution in [0, 0.1) is 0 Å². The molecule has 0 spiro atoms. The van der Waals surface area contributed by atoms with Crippen LogP contribution in [0.15, 0.2) is 35.4 Å². The van der Waals surface area contributed by atoms with Crippen molar-refractivity contribution in [3.05, 3.63) is 46.5 Å². The highest BCUT2D eigenvalue weighted by atomic mass is 19.3. The largest absolute Gasteiger partial charge is 0.475 e. The van der Waals surface area contributed by atoms with Crippen LogP contribution in [0.1, 0.15) is 18.4 Å². The Morgan fingerprint density at radius 1 is 1.22 bits per heavy atom. The SMILES string of the molecule is O=C1CC[C@@H](COc2nccc3cc4c(=O)[nH]cc(CC(F)F)c4cc23)N1. The number of hydrogen-bond acceptors (Lipinski definition) is 4. The fourth-order valence-corrected chi connectivity index (χ4v) is 3.39. The van der Waals surface area contributed by atoms with Crippen molar-refractivity contribution in [1.29, 1.82) is 0 Å². The number of halogens is 2. The normalized spacial score (nSPS) is 17.0. The summed E-state index contributed by atoms with van der Waals surface area (Å²) in [6.07, 6.45) is 1.08. The number of benzene rings is 1. The molecule has 1 aliphatic heterocycles. The van der Waals surface area contributed by atoms with Crippen LogP contribution in [0.2, 0.25) is 0 Å². The van der Waals surface area contributed by atoms with Crippen molar-refractivity contribution in [3.8, 4) is 5.88 Å². The Kier molecular flexibility index (Phi) is 4.47. The molecule has 6 nitrogen and oxygen atoms in total. The first-order valence-corrected chi connectivity index (χ1v) is 8.64. The summed E-state index contributed by atoms with van der Waals surface area (Å²) in [5.74, 6) is 0.343. The number of rotatable bonds is 5. The van der Waals surface area contributed by atoms with E-state index in [1.165, 1.54) is 6.20 Å². The van der Waals surface area contributed by atoms with Gasteiger partial charge in [-0.05, 0) is 41.0 Å². The number of fused-ring (bicyclic) bond motifs is 2. The molecule has 1 amide bonds. The first-order valence-electron chi connectivity index (χ1n) is 8.64. The Hall–Kier alpha value is -3.03. The van der Waals surface area contributed by atoms with Gasteiger partial charge in [-0.3, -0.25) is 9.59 Å². The van der Waals surface area contributed by atoms with Gasteiger partial charge >= 0.3 is 0 Å². The van der Waals surface area contributed by atoms with Crippen molar-refractivity contribution < 1.29 is 18.3 Å². The lowest BCUT2D eigenvalue weighted by molar-refractivity contribution is -0.119. The predicted molar refractivity (Wildman–Crippen MR) is 96.2 cm³/mol. The third-order valence-electron chi connectivity index (χ3n) is 4.71. The van der Waals surface area contributed by atoms with Gasteiger partial charge in [0.2, 0.25) is 18.2 Å². The number of aromatic amines is 1. The molecular weight excluding hydrogens is 356 g/mol. The molecule has 0 aliphatic carbocycles. The van der Waals surface area contributed by atoms with Gasteiger partial charge in [-0.25, -0.2) is 13.8 Å². The fraction of sp³-hybridized carbons (Fsp3) is 0.316. The standard InChI is InChI=1S/C19H17F2N3O3/c20-16(21)6-11-8-23-18(26)15-5-10-3-4-22-19(14(10)7-13(11)15)27-9-12-1-2-17(25)24-12/h3-5,7-8,12,16H,1-2,6,9H2,(H,23,26)(H,24,25)/t12-/m0/s1. The summed E-state index contributed by atoms with van der Waals surface area (Å²) in [4.78, 5) is 30.2. The van der Waals surface area contributed by atoms with E-state index in [1.807, 2.05) is 0 Å². The van der Waals surface area contributed by atoms with Crippen LogP contribution < -0.4 is 15.6 Å². The van der Waals surface area contributed by atoms with Gasteiger partial charge in [0, 0.05) is 36.0 Å². The molecule has 0 unspecified atom stereocenters. The molecule has 8 heteroatoms. The van der Waals surface area contributed by atoms with E-state index in [0.29, 0.717) is 40.4 Å². The lowest BCUT2D eigenvalue weighted by Crippen LogP contribution is -2.31. The first-order chi connectivity index (χ1) is 13.0. The minimum Gasteiger partial charge on any atom is -0.475 e. The van der Waals surface area contributed by atoms with Crippen molar-refractivity contribution in [1.82, 2.24) is 15.3 Å². The molecule has 27 heavy (non-hydrogen) atoms. The fourth-order valence-electron chi connectivity index (χ4n) is 3.39. The number of alkyl halides is 2.